The van der Waals surface area contributed by atoms with Gasteiger partial charge in [0.1, 0.15) is 30.2 Å². The van der Waals surface area contributed by atoms with Crippen molar-refractivity contribution in [3.63, 3.8) is 0 Å². The van der Waals surface area contributed by atoms with Gasteiger partial charge in [-0.3, -0.25) is 14.9 Å². The monoisotopic (exact) mass is 466 g/mol. The molecule has 2 aromatic rings. The third-order valence-electron chi connectivity index (χ3n) is 6.91. The zero-order valence-electron chi connectivity index (χ0n) is 19.7. The molecule has 0 radical (unpaired) electrons. The van der Waals surface area contributed by atoms with Gasteiger partial charge in [-0.15, -0.1) is 0 Å². The molecule has 1 amide bonds. The van der Waals surface area contributed by atoms with E-state index in [-0.39, 0.29) is 12.5 Å². The quantitative estimate of drug-likeness (QED) is 0.570. The topological polar surface area (TPSA) is 88.1 Å². The number of ether oxygens (including phenoxy) is 2. The van der Waals surface area contributed by atoms with Gasteiger partial charge in [0.15, 0.2) is 0 Å². The van der Waals surface area contributed by atoms with Crippen LogP contribution in [0, 0.1) is 5.92 Å². The lowest BCUT2D eigenvalue weighted by molar-refractivity contribution is -0.140. The Kier molecular flexibility index (Phi) is 8.06. The number of carboxylic acids is 1. The van der Waals surface area contributed by atoms with Crippen LogP contribution in [0.5, 0.6) is 11.5 Å². The molecule has 182 valence electrons. The molecule has 7 heteroatoms. The van der Waals surface area contributed by atoms with Crippen molar-refractivity contribution in [3.05, 3.63) is 54.1 Å². The Morgan fingerprint density at radius 3 is 2.59 bits per heavy atom. The second-order valence-electron chi connectivity index (χ2n) is 9.24. The molecular formula is C27H34N2O5. The van der Waals surface area contributed by atoms with Gasteiger partial charge in [0, 0.05) is 0 Å². The van der Waals surface area contributed by atoms with E-state index in [4.69, 9.17) is 9.47 Å². The third-order valence-corrected chi connectivity index (χ3v) is 6.91. The summed E-state index contributed by atoms with van der Waals surface area (Å²) in [4.78, 5) is 27.4. The first-order chi connectivity index (χ1) is 16.5. The lowest BCUT2D eigenvalue weighted by atomic mass is 9.85. The predicted octanol–water partition coefficient (Wildman–Crippen LogP) is 4.39. The summed E-state index contributed by atoms with van der Waals surface area (Å²) in [5.74, 6) is 0.824. The van der Waals surface area contributed by atoms with Crippen molar-refractivity contribution in [2.24, 2.45) is 5.92 Å². The highest BCUT2D eigenvalue weighted by atomic mass is 16.5. The summed E-state index contributed by atoms with van der Waals surface area (Å²) in [5, 5.41) is 13.0. The Balaban J connectivity index is 1.50. The highest BCUT2D eigenvalue weighted by Crippen LogP contribution is 2.33. The first-order valence-electron chi connectivity index (χ1n) is 12.2. The number of carbonyl (C=O) groups is 2. The molecule has 0 spiro atoms. The molecule has 0 bridgehead atoms. The van der Waals surface area contributed by atoms with Crippen LogP contribution >= 0.6 is 0 Å². The fraction of sp³-hybridized carbons (Fsp3) is 0.481. The summed E-state index contributed by atoms with van der Waals surface area (Å²) in [6, 6.07) is 13.5. The van der Waals surface area contributed by atoms with Crippen LogP contribution in [0.1, 0.15) is 50.5 Å². The average molecular weight is 467 g/mol. The second-order valence-corrected chi connectivity index (χ2v) is 9.24. The van der Waals surface area contributed by atoms with E-state index in [0.717, 1.165) is 17.7 Å². The maximum Gasteiger partial charge on any atom is 0.320 e. The maximum atomic E-state index is 13.7. The van der Waals surface area contributed by atoms with Crippen molar-refractivity contribution in [2.45, 2.75) is 63.6 Å². The number of para-hydroxylation sites is 2. The highest BCUT2D eigenvalue weighted by Gasteiger charge is 2.34. The number of benzene rings is 2. The molecule has 1 heterocycles. The predicted molar refractivity (Wildman–Crippen MR) is 130 cm³/mol. The lowest BCUT2D eigenvalue weighted by Crippen LogP contribution is -2.53. The summed E-state index contributed by atoms with van der Waals surface area (Å²) in [6.07, 6.45) is 7.44. The Labute approximate surface area is 201 Å². The minimum absolute atomic E-state index is 0.0855. The molecule has 1 aliphatic heterocycles. The number of methoxy groups -OCH3 is 1. The summed E-state index contributed by atoms with van der Waals surface area (Å²) < 4.78 is 11.2. The van der Waals surface area contributed by atoms with Crippen LogP contribution < -0.4 is 19.7 Å². The van der Waals surface area contributed by atoms with Crippen LogP contribution in [0.15, 0.2) is 48.5 Å². The number of carbonyl (C=O) groups excluding carboxylic acids is 1. The van der Waals surface area contributed by atoms with Crippen molar-refractivity contribution in [1.82, 2.24) is 5.32 Å². The SMILES string of the molecule is COc1ccc(CN2C(=O)C(N[C@@H](CCC3CCCCC3)C(=O)O)COc3ccccc32)cc1. The van der Waals surface area contributed by atoms with Gasteiger partial charge in [0.25, 0.3) is 0 Å². The molecule has 0 saturated heterocycles. The number of hydrogen-bond acceptors (Lipinski definition) is 5. The number of fused-ring (bicyclic) bond motifs is 1. The number of amides is 1. The van der Waals surface area contributed by atoms with Gasteiger partial charge in [0.2, 0.25) is 5.91 Å². The molecule has 34 heavy (non-hydrogen) atoms. The number of aliphatic carboxylic acids is 1. The minimum Gasteiger partial charge on any atom is -0.497 e. The van der Waals surface area contributed by atoms with E-state index in [1.807, 2.05) is 48.5 Å². The van der Waals surface area contributed by atoms with Crippen LogP contribution in [0.2, 0.25) is 0 Å². The maximum absolute atomic E-state index is 13.7. The van der Waals surface area contributed by atoms with Crippen LogP contribution in [0.3, 0.4) is 0 Å². The molecular weight excluding hydrogens is 432 g/mol. The van der Waals surface area contributed by atoms with E-state index < -0.39 is 18.1 Å². The first-order valence-corrected chi connectivity index (χ1v) is 12.2. The van der Waals surface area contributed by atoms with E-state index >= 15 is 0 Å². The summed E-state index contributed by atoms with van der Waals surface area (Å²) in [6.45, 7) is 0.434. The van der Waals surface area contributed by atoms with Gasteiger partial charge in [-0.25, -0.2) is 0 Å². The molecule has 2 N–H and O–H groups in total. The Morgan fingerprint density at radius 2 is 1.88 bits per heavy atom. The molecule has 1 aliphatic carbocycles. The smallest absolute Gasteiger partial charge is 0.320 e. The third kappa shape index (κ3) is 5.89. The number of rotatable bonds is 9. The van der Waals surface area contributed by atoms with Crippen molar-refractivity contribution in [1.29, 1.82) is 0 Å². The van der Waals surface area contributed by atoms with E-state index in [1.165, 1.54) is 32.1 Å². The minimum atomic E-state index is -0.924. The summed E-state index contributed by atoms with van der Waals surface area (Å²) in [7, 11) is 1.62. The van der Waals surface area contributed by atoms with Gasteiger partial charge >= 0.3 is 5.97 Å². The fourth-order valence-corrected chi connectivity index (χ4v) is 4.95. The molecule has 1 unspecified atom stereocenters. The summed E-state index contributed by atoms with van der Waals surface area (Å²) in [5.41, 5.74) is 1.62. The molecule has 4 rings (SSSR count). The van der Waals surface area contributed by atoms with Crippen molar-refractivity contribution in [3.8, 4) is 11.5 Å². The van der Waals surface area contributed by atoms with E-state index in [0.29, 0.717) is 30.3 Å². The van der Waals surface area contributed by atoms with E-state index in [9.17, 15) is 14.7 Å². The van der Waals surface area contributed by atoms with Crippen LogP contribution in [0.4, 0.5) is 5.69 Å². The molecule has 0 aromatic heterocycles. The number of carboxylic acid groups (broad SMARTS) is 1. The van der Waals surface area contributed by atoms with Gasteiger partial charge in [-0.2, -0.15) is 0 Å². The molecule has 2 aromatic carbocycles. The van der Waals surface area contributed by atoms with Crippen LogP contribution in [-0.4, -0.2) is 42.8 Å². The largest absolute Gasteiger partial charge is 0.497 e. The second kappa shape index (κ2) is 11.4. The van der Waals surface area contributed by atoms with Crippen molar-refractivity contribution >= 4 is 17.6 Å². The standard InChI is InChI=1S/C27H34N2O5/c1-33-21-14-11-20(12-15-21)17-29-24-9-5-6-10-25(24)34-18-23(26(29)30)28-22(27(31)32)16-13-19-7-3-2-4-8-19/h5-6,9-12,14-15,19,22-23,28H,2-4,7-8,13,16-18H2,1H3,(H,31,32)/t22-,23?/m0/s1. The van der Waals surface area contributed by atoms with Gasteiger partial charge in [-0.1, -0.05) is 56.4 Å². The average Bonchev–Trinajstić information content (AvgIpc) is 2.99. The summed E-state index contributed by atoms with van der Waals surface area (Å²) >= 11 is 0. The van der Waals surface area contributed by atoms with E-state index in [1.54, 1.807) is 12.0 Å². The van der Waals surface area contributed by atoms with Gasteiger partial charge in [-0.05, 0) is 48.6 Å². The number of anilines is 1. The van der Waals surface area contributed by atoms with Crippen molar-refractivity contribution < 1.29 is 24.2 Å². The Morgan fingerprint density at radius 1 is 1.15 bits per heavy atom. The van der Waals surface area contributed by atoms with E-state index in [2.05, 4.69) is 5.32 Å². The Bertz CT molecular complexity index is 971. The lowest BCUT2D eigenvalue weighted by Gasteiger charge is -2.28. The zero-order valence-corrected chi connectivity index (χ0v) is 19.7. The number of nitrogens with zero attached hydrogens (tertiary/aromatic N) is 1. The molecule has 1 saturated carbocycles. The Hall–Kier alpha value is -3.06. The molecule has 7 nitrogen and oxygen atoms in total. The fourth-order valence-electron chi connectivity index (χ4n) is 4.95. The van der Waals surface area contributed by atoms with Crippen molar-refractivity contribution in [2.75, 3.05) is 18.6 Å². The van der Waals surface area contributed by atoms with Crippen LogP contribution in [0.25, 0.3) is 0 Å². The normalized spacial score (nSPS) is 19.6. The molecule has 2 aliphatic rings. The van der Waals surface area contributed by atoms with Crippen LogP contribution in [-0.2, 0) is 16.1 Å². The zero-order chi connectivity index (χ0) is 23.9. The number of nitrogens with one attached hydrogen (secondary N) is 1. The first kappa shape index (κ1) is 24.1. The van der Waals surface area contributed by atoms with Gasteiger partial charge < -0.3 is 19.5 Å². The molecule has 2 atom stereocenters. The highest BCUT2D eigenvalue weighted by molar-refractivity contribution is 5.99. The van der Waals surface area contributed by atoms with Gasteiger partial charge in [0.05, 0.1) is 19.3 Å². The molecule has 1 fully saturated rings. The number of hydrogen-bond donors (Lipinski definition) is 2.